The first-order valence-electron chi connectivity index (χ1n) is 5.50. The van der Waals surface area contributed by atoms with Gasteiger partial charge in [0.1, 0.15) is 6.54 Å². The third-order valence-corrected chi connectivity index (χ3v) is 2.73. The van der Waals surface area contributed by atoms with Crippen LogP contribution in [0.15, 0.2) is 10.7 Å². The van der Waals surface area contributed by atoms with E-state index in [9.17, 15) is 9.59 Å². The molecule has 0 atom stereocenters. The molecule has 17 heavy (non-hydrogen) atoms. The monoisotopic (exact) mass is 238 g/mol. The predicted octanol–water partition coefficient (Wildman–Crippen LogP) is 0.920. The molecule has 1 fully saturated rings. The van der Waals surface area contributed by atoms with Gasteiger partial charge in [0, 0.05) is 12.1 Å². The molecule has 1 aliphatic carbocycles. The summed E-state index contributed by atoms with van der Waals surface area (Å²) in [7, 11) is 0. The molecule has 0 unspecified atom stereocenters. The number of amides is 1. The molecule has 0 spiro atoms. The second kappa shape index (κ2) is 4.57. The van der Waals surface area contributed by atoms with Crippen LogP contribution in [0.5, 0.6) is 0 Å². The highest BCUT2D eigenvalue weighted by Gasteiger charge is 2.30. The Morgan fingerprint density at radius 1 is 1.59 bits per heavy atom. The van der Waals surface area contributed by atoms with Gasteiger partial charge in [-0.2, -0.15) is 0 Å². The zero-order valence-electron chi connectivity index (χ0n) is 9.55. The summed E-state index contributed by atoms with van der Waals surface area (Å²) in [6.07, 6.45) is 3.56. The number of carboxylic acid groups (broad SMARTS) is 1. The molecule has 6 nitrogen and oxygen atoms in total. The van der Waals surface area contributed by atoms with E-state index < -0.39 is 11.9 Å². The van der Waals surface area contributed by atoms with Gasteiger partial charge in [0.05, 0.1) is 6.20 Å². The lowest BCUT2D eigenvalue weighted by Crippen LogP contribution is -2.37. The minimum atomic E-state index is -1.02. The van der Waals surface area contributed by atoms with Gasteiger partial charge in [0.15, 0.2) is 0 Å². The molecule has 0 radical (unpaired) electrons. The van der Waals surface area contributed by atoms with E-state index in [0.717, 1.165) is 12.8 Å². The van der Waals surface area contributed by atoms with E-state index in [1.807, 2.05) is 0 Å². The lowest BCUT2D eigenvalue weighted by Gasteiger charge is -2.19. The van der Waals surface area contributed by atoms with E-state index in [0.29, 0.717) is 18.0 Å². The molecule has 1 aromatic heterocycles. The first-order valence-corrected chi connectivity index (χ1v) is 5.50. The van der Waals surface area contributed by atoms with Crippen LogP contribution in [-0.2, 0) is 4.79 Å². The maximum Gasteiger partial charge on any atom is 0.323 e. The number of hydrogen-bond donors (Lipinski definition) is 1. The number of carbonyl (C=O) groups is 2. The molecule has 1 saturated carbocycles. The standard InChI is InChI=1S/C11H14N2O4/c1-7-4-12-17-10(7)11(16)13(6-9(14)15)5-8-2-3-8/h4,8H,2-3,5-6H2,1H3,(H,14,15). The van der Waals surface area contributed by atoms with Crippen LogP contribution in [-0.4, -0.2) is 40.1 Å². The molecule has 6 heteroatoms. The summed E-state index contributed by atoms with van der Waals surface area (Å²) < 4.78 is 4.86. The number of carbonyl (C=O) groups excluding carboxylic acids is 1. The summed E-state index contributed by atoms with van der Waals surface area (Å²) in [6, 6.07) is 0. The summed E-state index contributed by atoms with van der Waals surface area (Å²) in [6.45, 7) is 1.89. The van der Waals surface area contributed by atoms with Gasteiger partial charge in [-0.05, 0) is 25.7 Å². The first kappa shape index (κ1) is 11.6. The molecule has 1 heterocycles. The Morgan fingerprint density at radius 3 is 2.76 bits per heavy atom. The van der Waals surface area contributed by atoms with Gasteiger partial charge < -0.3 is 14.5 Å². The zero-order valence-corrected chi connectivity index (χ0v) is 9.55. The third kappa shape index (κ3) is 2.83. The maximum atomic E-state index is 12.1. The molecule has 1 amide bonds. The fourth-order valence-corrected chi connectivity index (χ4v) is 1.63. The summed E-state index contributed by atoms with van der Waals surface area (Å²) in [5, 5.41) is 12.3. The number of nitrogens with zero attached hydrogens (tertiary/aromatic N) is 2. The second-order valence-corrected chi connectivity index (χ2v) is 4.36. The van der Waals surface area contributed by atoms with Crippen molar-refractivity contribution < 1.29 is 19.2 Å². The van der Waals surface area contributed by atoms with Crippen molar-refractivity contribution in [3.8, 4) is 0 Å². The van der Waals surface area contributed by atoms with Crippen LogP contribution in [0.25, 0.3) is 0 Å². The van der Waals surface area contributed by atoms with Gasteiger partial charge in [-0.15, -0.1) is 0 Å². The molecule has 0 bridgehead atoms. The molecule has 2 rings (SSSR count). The fraction of sp³-hybridized carbons (Fsp3) is 0.545. The minimum absolute atomic E-state index is 0.131. The Bertz CT molecular complexity index is 436. The molecule has 92 valence electrons. The summed E-state index contributed by atoms with van der Waals surface area (Å²) in [4.78, 5) is 24.1. The number of carboxylic acids is 1. The van der Waals surface area contributed by atoms with Crippen molar-refractivity contribution in [2.45, 2.75) is 19.8 Å². The topological polar surface area (TPSA) is 83.6 Å². The third-order valence-electron chi connectivity index (χ3n) is 2.73. The number of aryl methyl sites for hydroxylation is 1. The molecule has 0 aromatic carbocycles. The van der Waals surface area contributed by atoms with Crippen LogP contribution in [0.4, 0.5) is 0 Å². The zero-order chi connectivity index (χ0) is 12.4. The average molecular weight is 238 g/mol. The number of aliphatic carboxylic acids is 1. The van der Waals surface area contributed by atoms with Crippen LogP contribution in [0.2, 0.25) is 0 Å². The highest BCUT2D eigenvalue weighted by atomic mass is 16.5. The van der Waals surface area contributed by atoms with Crippen LogP contribution >= 0.6 is 0 Å². The highest BCUT2D eigenvalue weighted by molar-refractivity contribution is 5.94. The predicted molar refractivity (Wildman–Crippen MR) is 57.5 cm³/mol. The molecule has 1 aliphatic rings. The Labute approximate surface area is 98.2 Å². The van der Waals surface area contributed by atoms with Gasteiger partial charge >= 0.3 is 5.97 Å². The summed E-state index contributed by atoms with van der Waals surface area (Å²) >= 11 is 0. The molecular weight excluding hydrogens is 224 g/mol. The normalized spacial score (nSPS) is 14.6. The lowest BCUT2D eigenvalue weighted by atomic mass is 10.2. The van der Waals surface area contributed by atoms with Crippen LogP contribution in [0.3, 0.4) is 0 Å². The van der Waals surface area contributed by atoms with E-state index in [1.54, 1.807) is 6.92 Å². The summed E-state index contributed by atoms with van der Waals surface area (Å²) in [5.74, 6) is -0.848. The van der Waals surface area contributed by atoms with Crippen molar-refractivity contribution in [1.82, 2.24) is 10.1 Å². The van der Waals surface area contributed by atoms with Crippen molar-refractivity contribution in [2.24, 2.45) is 5.92 Å². The van der Waals surface area contributed by atoms with Crippen LogP contribution < -0.4 is 0 Å². The molecule has 1 N–H and O–H groups in total. The Balaban J connectivity index is 2.10. The van der Waals surface area contributed by atoms with Gasteiger partial charge in [-0.1, -0.05) is 5.16 Å². The van der Waals surface area contributed by atoms with Crippen molar-refractivity contribution in [1.29, 1.82) is 0 Å². The second-order valence-electron chi connectivity index (χ2n) is 4.36. The Hall–Kier alpha value is -1.85. The van der Waals surface area contributed by atoms with E-state index >= 15 is 0 Å². The van der Waals surface area contributed by atoms with Crippen molar-refractivity contribution in [3.05, 3.63) is 17.5 Å². The van der Waals surface area contributed by atoms with Gasteiger partial charge in [-0.25, -0.2) is 0 Å². The Kier molecular flexibility index (Phi) is 3.12. The largest absolute Gasteiger partial charge is 0.480 e. The van der Waals surface area contributed by atoms with E-state index in [4.69, 9.17) is 9.63 Å². The van der Waals surface area contributed by atoms with Gasteiger partial charge in [0.2, 0.25) is 5.76 Å². The number of rotatable bonds is 5. The number of hydrogen-bond acceptors (Lipinski definition) is 4. The van der Waals surface area contributed by atoms with E-state index in [2.05, 4.69) is 5.16 Å². The molecule has 0 saturated heterocycles. The Morgan fingerprint density at radius 2 is 2.29 bits per heavy atom. The molecule has 1 aromatic rings. The van der Waals surface area contributed by atoms with Crippen molar-refractivity contribution in [2.75, 3.05) is 13.1 Å². The number of aromatic nitrogens is 1. The average Bonchev–Trinajstić information content (AvgIpc) is 2.97. The van der Waals surface area contributed by atoms with Gasteiger partial charge in [-0.3, -0.25) is 9.59 Å². The van der Waals surface area contributed by atoms with E-state index in [1.165, 1.54) is 11.1 Å². The summed E-state index contributed by atoms with van der Waals surface area (Å²) in [5.41, 5.74) is 0.626. The van der Waals surface area contributed by atoms with Crippen molar-refractivity contribution in [3.63, 3.8) is 0 Å². The fourth-order valence-electron chi connectivity index (χ4n) is 1.63. The van der Waals surface area contributed by atoms with Crippen LogP contribution in [0.1, 0.15) is 29.0 Å². The van der Waals surface area contributed by atoms with Crippen LogP contribution in [0, 0.1) is 12.8 Å². The SMILES string of the molecule is Cc1cnoc1C(=O)N(CC(=O)O)CC1CC1. The maximum absolute atomic E-state index is 12.1. The molecular formula is C11H14N2O4. The molecule has 0 aliphatic heterocycles. The lowest BCUT2D eigenvalue weighted by molar-refractivity contribution is -0.137. The van der Waals surface area contributed by atoms with Crippen molar-refractivity contribution >= 4 is 11.9 Å². The van der Waals surface area contributed by atoms with E-state index in [-0.39, 0.29) is 12.3 Å². The highest BCUT2D eigenvalue weighted by Crippen LogP contribution is 2.30. The minimum Gasteiger partial charge on any atom is -0.480 e. The first-order chi connectivity index (χ1) is 8.08. The quantitative estimate of drug-likeness (QED) is 0.824. The van der Waals surface area contributed by atoms with Gasteiger partial charge in [0.25, 0.3) is 5.91 Å². The smallest absolute Gasteiger partial charge is 0.323 e.